The van der Waals surface area contributed by atoms with E-state index in [9.17, 15) is 4.79 Å². The first-order valence-electron chi connectivity index (χ1n) is 6.49. The van der Waals surface area contributed by atoms with Gasteiger partial charge in [0.1, 0.15) is 0 Å². The van der Waals surface area contributed by atoms with Crippen LogP contribution in [0.1, 0.15) is 34.6 Å². The van der Waals surface area contributed by atoms with Gasteiger partial charge in [0, 0.05) is 5.41 Å². The number of rotatable bonds is 3. The summed E-state index contributed by atoms with van der Waals surface area (Å²) in [6, 6.07) is 3.32. The Hall–Kier alpha value is -1.15. The minimum atomic E-state index is -0.652. The van der Waals surface area contributed by atoms with E-state index in [0.29, 0.717) is 5.56 Å². The van der Waals surface area contributed by atoms with Crippen molar-refractivity contribution in [1.29, 1.82) is 0 Å². The summed E-state index contributed by atoms with van der Waals surface area (Å²) in [7, 11) is 0. The molecule has 0 saturated heterocycles. The molecule has 16 heavy (non-hydrogen) atoms. The lowest BCUT2D eigenvalue weighted by molar-refractivity contribution is -0.127. The normalized spacial score (nSPS) is 15.3. The van der Waals surface area contributed by atoms with Crippen molar-refractivity contribution in [3.63, 3.8) is 0 Å². The standard InChI is InChI=1S/C14H21NO/c1-10-5-7-11(8-6-10)9-12(15)13(16)14(2,3)4/h5-8,12H,9,15H2,1-4H3/t12-/m0/s1/i7D,8D. The Kier molecular flexibility index (Phi) is 3.00. The van der Waals surface area contributed by atoms with Crippen molar-refractivity contribution in [2.45, 2.75) is 40.2 Å². The van der Waals surface area contributed by atoms with Crippen LogP contribution in [0.5, 0.6) is 0 Å². The van der Waals surface area contributed by atoms with Gasteiger partial charge in [-0.3, -0.25) is 4.79 Å². The van der Waals surface area contributed by atoms with E-state index in [-0.39, 0.29) is 24.3 Å². The van der Waals surface area contributed by atoms with E-state index in [1.165, 1.54) is 0 Å². The van der Waals surface area contributed by atoms with Crippen molar-refractivity contribution in [2.24, 2.45) is 11.1 Å². The highest BCUT2D eigenvalue weighted by atomic mass is 16.1. The van der Waals surface area contributed by atoms with E-state index in [1.807, 2.05) is 27.7 Å². The molecule has 0 heterocycles. The fraction of sp³-hybridized carbons (Fsp3) is 0.500. The molecule has 0 bridgehead atoms. The molecule has 0 fully saturated rings. The highest BCUT2D eigenvalue weighted by Gasteiger charge is 2.26. The van der Waals surface area contributed by atoms with Gasteiger partial charge in [-0.05, 0) is 18.9 Å². The van der Waals surface area contributed by atoms with Crippen LogP contribution < -0.4 is 5.73 Å². The topological polar surface area (TPSA) is 43.1 Å². The van der Waals surface area contributed by atoms with Crippen LogP contribution in [-0.2, 0) is 11.2 Å². The quantitative estimate of drug-likeness (QED) is 0.852. The molecule has 1 aromatic rings. The van der Waals surface area contributed by atoms with E-state index in [2.05, 4.69) is 0 Å². The predicted octanol–water partition coefficient (Wildman–Crippen LogP) is 2.48. The third kappa shape index (κ3) is 3.46. The SMILES string of the molecule is [2H]c1cc(C)cc([2H])c1C[C@H](N)C(=O)C(C)(C)C. The Balaban J connectivity index is 2.96. The summed E-state index contributed by atoms with van der Waals surface area (Å²) in [6.07, 6.45) is 0.258. The molecule has 88 valence electrons. The van der Waals surface area contributed by atoms with Crippen molar-refractivity contribution < 1.29 is 7.54 Å². The van der Waals surface area contributed by atoms with Gasteiger partial charge < -0.3 is 5.73 Å². The van der Waals surface area contributed by atoms with E-state index in [0.717, 1.165) is 5.56 Å². The third-order valence-electron chi connectivity index (χ3n) is 2.45. The molecular formula is C14H21NO. The van der Waals surface area contributed by atoms with Crippen LogP contribution >= 0.6 is 0 Å². The lowest BCUT2D eigenvalue weighted by atomic mass is 9.84. The lowest BCUT2D eigenvalue weighted by Gasteiger charge is -2.21. The van der Waals surface area contributed by atoms with Crippen LogP contribution in [0.2, 0.25) is 0 Å². The second-order valence-corrected chi connectivity index (χ2v) is 5.22. The van der Waals surface area contributed by atoms with Gasteiger partial charge in [0.05, 0.1) is 8.78 Å². The van der Waals surface area contributed by atoms with Crippen LogP contribution in [0.25, 0.3) is 0 Å². The van der Waals surface area contributed by atoms with Crippen LogP contribution in [0.15, 0.2) is 24.2 Å². The average Bonchev–Trinajstić information content (AvgIpc) is 2.20. The highest BCUT2D eigenvalue weighted by Crippen LogP contribution is 2.18. The number of benzene rings is 1. The Morgan fingerprint density at radius 2 is 1.94 bits per heavy atom. The molecule has 0 spiro atoms. The highest BCUT2D eigenvalue weighted by molar-refractivity contribution is 5.88. The van der Waals surface area contributed by atoms with Gasteiger partial charge >= 0.3 is 0 Å². The molecule has 0 saturated carbocycles. The van der Waals surface area contributed by atoms with Crippen LogP contribution in [0.3, 0.4) is 0 Å². The van der Waals surface area contributed by atoms with Gasteiger partial charge in [0.15, 0.2) is 5.78 Å². The van der Waals surface area contributed by atoms with Crippen molar-refractivity contribution in [3.8, 4) is 0 Å². The zero-order valence-corrected chi connectivity index (χ0v) is 10.4. The molecule has 0 aliphatic heterocycles. The van der Waals surface area contributed by atoms with Gasteiger partial charge in [-0.25, -0.2) is 0 Å². The molecule has 0 unspecified atom stereocenters. The number of hydrogen-bond acceptors (Lipinski definition) is 2. The lowest BCUT2D eigenvalue weighted by Crippen LogP contribution is -2.40. The first-order valence-corrected chi connectivity index (χ1v) is 5.49. The van der Waals surface area contributed by atoms with E-state index in [4.69, 9.17) is 8.48 Å². The Morgan fingerprint density at radius 1 is 1.44 bits per heavy atom. The molecule has 2 heteroatoms. The van der Waals surface area contributed by atoms with Crippen LogP contribution in [0, 0.1) is 12.3 Å². The van der Waals surface area contributed by atoms with Crippen molar-refractivity contribution in [1.82, 2.24) is 0 Å². The fourth-order valence-electron chi connectivity index (χ4n) is 1.47. The number of hydrogen-bond donors (Lipinski definition) is 1. The molecule has 0 aliphatic rings. The largest absolute Gasteiger partial charge is 0.321 e. The van der Waals surface area contributed by atoms with E-state index < -0.39 is 11.5 Å². The number of aryl methyl sites for hydroxylation is 1. The number of carbonyl (C=O) groups is 1. The zero-order valence-electron chi connectivity index (χ0n) is 12.4. The van der Waals surface area contributed by atoms with Crippen molar-refractivity contribution in [2.75, 3.05) is 0 Å². The summed E-state index contributed by atoms with van der Waals surface area (Å²) in [5, 5.41) is 0. The molecule has 0 aliphatic carbocycles. The first kappa shape index (κ1) is 10.0. The molecule has 0 amide bonds. The van der Waals surface area contributed by atoms with Crippen LogP contribution in [0.4, 0.5) is 0 Å². The number of Topliss-reactive ketones (excluding diaryl/α,β-unsaturated/α-hetero) is 1. The molecule has 1 aromatic carbocycles. The van der Waals surface area contributed by atoms with Crippen molar-refractivity contribution >= 4 is 5.78 Å². The summed E-state index contributed by atoms with van der Waals surface area (Å²) in [4.78, 5) is 12.0. The average molecular weight is 221 g/mol. The fourth-order valence-corrected chi connectivity index (χ4v) is 1.47. The van der Waals surface area contributed by atoms with Gasteiger partial charge in [0.25, 0.3) is 0 Å². The van der Waals surface area contributed by atoms with E-state index in [1.54, 1.807) is 12.1 Å². The summed E-state index contributed by atoms with van der Waals surface area (Å²) in [6.45, 7) is 7.33. The molecule has 0 aromatic heterocycles. The Morgan fingerprint density at radius 3 is 2.38 bits per heavy atom. The van der Waals surface area contributed by atoms with Crippen LogP contribution in [-0.4, -0.2) is 11.8 Å². The molecular weight excluding hydrogens is 198 g/mol. The second kappa shape index (κ2) is 4.79. The van der Waals surface area contributed by atoms with Crippen molar-refractivity contribution in [3.05, 3.63) is 35.3 Å². The maximum atomic E-state index is 12.0. The second-order valence-electron chi connectivity index (χ2n) is 5.22. The molecule has 2 N–H and O–H groups in total. The maximum absolute atomic E-state index is 12.0. The monoisotopic (exact) mass is 221 g/mol. The van der Waals surface area contributed by atoms with Gasteiger partial charge in [-0.15, -0.1) is 0 Å². The third-order valence-corrected chi connectivity index (χ3v) is 2.45. The summed E-state index contributed by atoms with van der Waals surface area (Å²) < 4.78 is 15.7. The Bertz CT molecular complexity index is 440. The van der Waals surface area contributed by atoms with E-state index >= 15 is 0 Å². The minimum Gasteiger partial charge on any atom is -0.321 e. The maximum Gasteiger partial charge on any atom is 0.155 e. The van der Waals surface area contributed by atoms with Gasteiger partial charge in [0.2, 0.25) is 0 Å². The van der Waals surface area contributed by atoms with Gasteiger partial charge in [-0.1, -0.05) is 50.6 Å². The molecule has 1 rings (SSSR count). The smallest absolute Gasteiger partial charge is 0.155 e. The molecule has 1 atom stereocenters. The zero-order chi connectivity index (χ0) is 14.1. The number of ketones is 1. The number of nitrogens with two attached hydrogens (primary N) is 1. The summed E-state index contributed by atoms with van der Waals surface area (Å²) >= 11 is 0. The van der Waals surface area contributed by atoms with Gasteiger partial charge in [-0.2, -0.15) is 0 Å². The summed E-state index contributed by atoms with van der Waals surface area (Å²) in [5.74, 6) is -0.0399. The predicted molar refractivity (Wildman–Crippen MR) is 67.3 cm³/mol. The summed E-state index contributed by atoms with van der Waals surface area (Å²) in [5.41, 5.74) is 6.83. The minimum absolute atomic E-state index is 0.0399. The molecule has 0 radical (unpaired) electrons. The number of carbonyl (C=O) groups excluding carboxylic acids is 1. The first-order chi connectivity index (χ1) is 8.12. The molecule has 2 nitrogen and oxygen atoms in total. The Labute approximate surface area is 101 Å².